The number of amidine groups is 1. The van der Waals surface area contributed by atoms with Gasteiger partial charge >= 0.3 is 0 Å². The van der Waals surface area contributed by atoms with Gasteiger partial charge in [-0.25, -0.2) is 0 Å². The highest BCUT2D eigenvalue weighted by Crippen LogP contribution is 2.11. The van der Waals surface area contributed by atoms with E-state index in [1.807, 2.05) is 18.7 Å². The normalized spacial score (nSPS) is 9.86. The molecule has 0 amide bonds. The van der Waals surface area contributed by atoms with E-state index in [-0.39, 0.29) is 5.75 Å². The predicted octanol–water partition coefficient (Wildman–Crippen LogP) is 2.06. The van der Waals surface area contributed by atoms with Crippen LogP contribution >= 0.6 is 0 Å². The number of benzene rings is 1. The van der Waals surface area contributed by atoms with Gasteiger partial charge in [0.1, 0.15) is 11.6 Å². The zero-order chi connectivity index (χ0) is 10.6. The van der Waals surface area contributed by atoms with Crippen LogP contribution in [0, 0.1) is 5.41 Å². The molecular formula is C11H16N2O. The molecule has 3 heteroatoms. The minimum Gasteiger partial charge on any atom is -0.508 e. The van der Waals surface area contributed by atoms with Gasteiger partial charge < -0.3 is 10.0 Å². The smallest absolute Gasteiger partial charge is 0.128 e. The summed E-state index contributed by atoms with van der Waals surface area (Å²) in [5, 5.41) is 17.0. The highest BCUT2D eigenvalue weighted by Gasteiger charge is 2.07. The van der Waals surface area contributed by atoms with Crippen molar-refractivity contribution in [2.24, 2.45) is 0 Å². The van der Waals surface area contributed by atoms with Crippen LogP contribution in [0.3, 0.4) is 0 Å². The van der Waals surface area contributed by atoms with Crippen LogP contribution in [-0.2, 0) is 0 Å². The van der Waals surface area contributed by atoms with Crippen LogP contribution in [0.1, 0.15) is 19.4 Å². The largest absolute Gasteiger partial charge is 0.508 e. The number of phenolic OH excluding ortho intramolecular Hbond substituents is 1. The van der Waals surface area contributed by atoms with Crippen molar-refractivity contribution < 1.29 is 5.11 Å². The molecule has 0 saturated heterocycles. The second kappa shape index (κ2) is 4.65. The molecule has 1 rings (SSSR count). The Labute approximate surface area is 84.5 Å². The lowest BCUT2D eigenvalue weighted by molar-refractivity contribution is 0.463. The van der Waals surface area contributed by atoms with Gasteiger partial charge in [-0.2, -0.15) is 0 Å². The van der Waals surface area contributed by atoms with Gasteiger partial charge in [0.2, 0.25) is 0 Å². The van der Waals surface area contributed by atoms with Gasteiger partial charge in [-0.15, -0.1) is 0 Å². The Kier molecular flexibility index (Phi) is 3.51. The Morgan fingerprint density at radius 1 is 1.21 bits per heavy atom. The van der Waals surface area contributed by atoms with Gasteiger partial charge in [0, 0.05) is 18.7 Å². The van der Waals surface area contributed by atoms with E-state index in [4.69, 9.17) is 10.5 Å². The number of phenols is 1. The zero-order valence-electron chi connectivity index (χ0n) is 8.62. The zero-order valence-corrected chi connectivity index (χ0v) is 8.62. The lowest BCUT2D eigenvalue weighted by Crippen LogP contribution is -2.30. The lowest BCUT2D eigenvalue weighted by Gasteiger charge is -2.21. The van der Waals surface area contributed by atoms with Crippen LogP contribution in [0.25, 0.3) is 0 Å². The molecule has 1 aromatic carbocycles. The second-order valence-electron chi connectivity index (χ2n) is 3.07. The van der Waals surface area contributed by atoms with Crippen LogP contribution < -0.4 is 0 Å². The molecule has 0 aromatic heterocycles. The summed E-state index contributed by atoms with van der Waals surface area (Å²) < 4.78 is 0. The van der Waals surface area contributed by atoms with Crippen LogP contribution in [-0.4, -0.2) is 28.9 Å². The fourth-order valence-electron chi connectivity index (χ4n) is 1.34. The van der Waals surface area contributed by atoms with Crippen LogP contribution in [0.5, 0.6) is 5.75 Å². The maximum Gasteiger partial charge on any atom is 0.128 e. The number of hydrogen-bond donors (Lipinski definition) is 2. The van der Waals surface area contributed by atoms with Crippen molar-refractivity contribution in [1.29, 1.82) is 5.41 Å². The van der Waals surface area contributed by atoms with Crippen molar-refractivity contribution in [3.8, 4) is 5.75 Å². The van der Waals surface area contributed by atoms with E-state index in [0.29, 0.717) is 5.84 Å². The molecule has 1 aromatic rings. The van der Waals surface area contributed by atoms with E-state index in [1.165, 1.54) is 0 Å². The molecule has 14 heavy (non-hydrogen) atoms. The van der Waals surface area contributed by atoms with Crippen molar-refractivity contribution in [3.05, 3.63) is 29.8 Å². The monoisotopic (exact) mass is 192 g/mol. The third kappa shape index (κ3) is 2.25. The summed E-state index contributed by atoms with van der Waals surface area (Å²) in [6.45, 7) is 5.71. The average Bonchev–Trinajstić information content (AvgIpc) is 2.20. The van der Waals surface area contributed by atoms with Crippen molar-refractivity contribution in [1.82, 2.24) is 4.90 Å². The molecule has 0 aliphatic heterocycles. The molecule has 0 spiro atoms. The molecule has 76 valence electrons. The summed E-state index contributed by atoms with van der Waals surface area (Å²) >= 11 is 0. The Bertz CT molecular complexity index is 302. The fourth-order valence-corrected chi connectivity index (χ4v) is 1.34. The summed E-state index contributed by atoms with van der Waals surface area (Å²) in [7, 11) is 0. The molecule has 3 nitrogen and oxygen atoms in total. The first-order valence-electron chi connectivity index (χ1n) is 4.82. The van der Waals surface area contributed by atoms with E-state index in [0.717, 1.165) is 18.7 Å². The summed E-state index contributed by atoms with van der Waals surface area (Å²) in [6, 6.07) is 6.73. The molecule has 0 heterocycles. The first-order valence-corrected chi connectivity index (χ1v) is 4.82. The number of aromatic hydroxyl groups is 1. The first-order chi connectivity index (χ1) is 6.69. The highest BCUT2D eigenvalue weighted by atomic mass is 16.3. The highest BCUT2D eigenvalue weighted by molar-refractivity contribution is 5.96. The summed E-state index contributed by atoms with van der Waals surface area (Å²) in [5.74, 6) is 0.746. The Hall–Kier alpha value is -1.51. The van der Waals surface area contributed by atoms with Gasteiger partial charge in [0.25, 0.3) is 0 Å². The van der Waals surface area contributed by atoms with Gasteiger partial charge in [0.15, 0.2) is 0 Å². The predicted molar refractivity (Wildman–Crippen MR) is 57.9 cm³/mol. The van der Waals surface area contributed by atoms with Crippen molar-refractivity contribution in [2.75, 3.05) is 13.1 Å². The minimum absolute atomic E-state index is 0.237. The lowest BCUT2D eigenvalue weighted by atomic mass is 10.2. The Balaban J connectivity index is 2.83. The topological polar surface area (TPSA) is 47.3 Å². The summed E-state index contributed by atoms with van der Waals surface area (Å²) in [6.07, 6.45) is 0. The molecule has 2 N–H and O–H groups in total. The number of rotatable bonds is 3. The summed E-state index contributed by atoms with van der Waals surface area (Å²) in [5.41, 5.74) is 0.839. The van der Waals surface area contributed by atoms with Gasteiger partial charge in [-0.1, -0.05) is 0 Å². The molecule has 0 aliphatic rings. The van der Waals surface area contributed by atoms with Gasteiger partial charge in [-0.05, 0) is 38.1 Å². The molecular weight excluding hydrogens is 176 g/mol. The maximum absolute atomic E-state index is 9.11. The fraction of sp³-hybridized carbons (Fsp3) is 0.364. The van der Waals surface area contributed by atoms with Crippen LogP contribution in [0.2, 0.25) is 0 Å². The molecule has 0 atom stereocenters. The molecule has 0 saturated carbocycles. The summed E-state index contributed by atoms with van der Waals surface area (Å²) in [4.78, 5) is 1.96. The SMILES string of the molecule is CCN(CC)C(=N)c1ccc(O)cc1. The van der Waals surface area contributed by atoms with Gasteiger partial charge in [0.05, 0.1) is 0 Å². The third-order valence-electron chi connectivity index (χ3n) is 2.22. The van der Waals surface area contributed by atoms with Crippen molar-refractivity contribution >= 4 is 5.84 Å². The van der Waals surface area contributed by atoms with Crippen molar-refractivity contribution in [2.45, 2.75) is 13.8 Å². The maximum atomic E-state index is 9.11. The van der Waals surface area contributed by atoms with E-state index in [9.17, 15) is 0 Å². The second-order valence-corrected chi connectivity index (χ2v) is 3.07. The van der Waals surface area contributed by atoms with Crippen LogP contribution in [0.15, 0.2) is 24.3 Å². The third-order valence-corrected chi connectivity index (χ3v) is 2.22. The van der Waals surface area contributed by atoms with Gasteiger partial charge in [-0.3, -0.25) is 5.41 Å². The van der Waals surface area contributed by atoms with E-state index < -0.39 is 0 Å². The molecule has 0 bridgehead atoms. The molecule has 0 radical (unpaired) electrons. The minimum atomic E-state index is 0.237. The van der Waals surface area contributed by atoms with E-state index in [1.54, 1.807) is 24.3 Å². The number of nitrogens with zero attached hydrogens (tertiary/aromatic N) is 1. The molecule has 0 unspecified atom stereocenters. The quantitative estimate of drug-likeness (QED) is 0.569. The molecule has 0 aliphatic carbocycles. The molecule has 0 fully saturated rings. The standard InChI is InChI=1S/C11H16N2O/c1-3-13(4-2)11(12)9-5-7-10(14)8-6-9/h5-8,12,14H,3-4H2,1-2H3. The Morgan fingerprint density at radius 2 is 1.71 bits per heavy atom. The Morgan fingerprint density at radius 3 is 2.14 bits per heavy atom. The van der Waals surface area contributed by atoms with E-state index >= 15 is 0 Å². The average molecular weight is 192 g/mol. The number of hydrogen-bond acceptors (Lipinski definition) is 2. The first kappa shape index (κ1) is 10.6. The number of nitrogens with one attached hydrogen (secondary N) is 1. The van der Waals surface area contributed by atoms with Crippen molar-refractivity contribution in [3.63, 3.8) is 0 Å². The van der Waals surface area contributed by atoms with E-state index in [2.05, 4.69) is 0 Å². The van der Waals surface area contributed by atoms with Crippen LogP contribution in [0.4, 0.5) is 0 Å².